The Morgan fingerprint density at radius 2 is 2.10 bits per heavy atom. The minimum absolute atomic E-state index is 0. The molecule has 1 aromatic rings. The van der Waals surface area contributed by atoms with Crippen molar-refractivity contribution in [1.29, 1.82) is 0 Å². The highest BCUT2D eigenvalue weighted by molar-refractivity contribution is 7.88. The van der Waals surface area contributed by atoms with Crippen LogP contribution in [0.5, 0.6) is 0 Å². The molecule has 0 amide bonds. The Balaban J connectivity index is 0.00000220. The SMILES string of the molecule is CC1CN(S(=O)(=O)Cc2ccc(F)c(Cl)c2)C(C)CN1.Cl. The number of benzene rings is 1. The molecular formula is C13H19Cl2FN2O2S. The van der Waals surface area contributed by atoms with Gasteiger partial charge in [-0.3, -0.25) is 0 Å². The van der Waals surface area contributed by atoms with Crippen molar-refractivity contribution in [3.8, 4) is 0 Å². The Morgan fingerprint density at radius 3 is 2.71 bits per heavy atom. The molecule has 1 aromatic carbocycles. The lowest BCUT2D eigenvalue weighted by Crippen LogP contribution is -2.56. The molecule has 4 nitrogen and oxygen atoms in total. The van der Waals surface area contributed by atoms with E-state index in [1.807, 2.05) is 13.8 Å². The predicted molar refractivity (Wildman–Crippen MR) is 84.9 cm³/mol. The van der Waals surface area contributed by atoms with Crippen LogP contribution < -0.4 is 5.32 Å². The van der Waals surface area contributed by atoms with E-state index in [9.17, 15) is 12.8 Å². The molecule has 0 aliphatic carbocycles. The van der Waals surface area contributed by atoms with E-state index in [0.717, 1.165) is 0 Å². The van der Waals surface area contributed by atoms with E-state index < -0.39 is 15.8 Å². The normalized spacial score (nSPS) is 23.6. The number of nitrogens with zero attached hydrogens (tertiary/aromatic N) is 1. The number of hydrogen-bond donors (Lipinski definition) is 1. The molecule has 2 unspecified atom stereocenters. The van der Waals surface area contributed by atoms with Crippen LogP contribution in [0.25, 0.3) is 0 Å². The standard InChI is InChI=1S/C13H18ClFN2O2S.ClH/c1-9-7-17(10(2)6-16-9)20(18,19)8-11-3-4-13(15)12(14)5-11;/h3-5,9-10,16H,6-8H2,1-2H3;1H. The highest BCUT2D eigenvalue weighted by Crippen LogP contribution is 2.21. The molecule has 8 heteroatoms. The first kappa shape index (κ1) is 18.6. The summed E-state index contributed by atoms with van der Waals surface area (Å²) < 4.78 is 39.5. The fourth-order valence-electron chi connectivity index (χ4n) is 2.30. The van der Waals surface area contributed by atoms with Gasteiger partial charge in [0, 0.05) is 25.2 Å². The van der Waals surface area contributed by atoms with E-state index >= 15 is 0 Å². The first-order chi connectivity index (χ1) is 9.29. The first-order valence-electron chi connectivity index (χ1n) is 6.46. The monoisotopic (exact) mass is 356 g/mol. The van der Waals surface area contributed by atoms with Crippen molar-refractivity contribution >= 4 is 34.0 Å². The summed E-state index contributed by atoms with van der Waals surface area (Å²) in [4.78, 5) is 0. The quantitative estimate of drug-likeness (QED) is 0.904. The zero-order valence-corrected chi connectivity index (χ0v) is 14.2. The number of sulfonamides is 1. The summed E-state index contributed by atoms with van der Waals surface area (Å²) in [5.41, 5.74) is 0.495. The minimum Gasteiger partial charge on any atom is -0.311 e. The third kappa shape index (κ3) is 4.53. The molecule has 0 aromatic heterocycles. The summed E-state index contributed by atoms with van der Waals surface area (Å²) in [6.07, 6.45) is 0. The zero-order chi connectivity index (χ0) is 14.9. The molecule has 1 N–H and O–H groups in total. The molecule has 1 aliphatic heterocycles. The number of rotatable bonds is 3. The number of piperazine rings is 1. The van der Waals surface area contributed by atoms with Crippen LogP contribution >= 0.6 is 24.0 Å². The molecule has 120 valence electrons. The summed E-state index contributed by atoms with van der Waals surface area (Å²) in [6.45, 7) is 4.89. The van der Waals surface area contributed by atoms with Crippen LogP contribution in [0.1, 0.15) is 19.4 Å². The van der Waals surface area contributed by atoms with Gasteiger partial charge >= 0.3 is 0 Å². The lowest BCUT2D eigenvalue weighted by atomic mass is 10.2. The third-order valence-electron chi connectivity index (χ3n) is 3.40. The Bertz CT molecular complexity index is 598. The molecular weight excluding hydrogens is 338 g/mol. The van der Waals surface area contributed by atoms with Gasteiger partial charge < -0.3 is 5.32 Å². The molecule has 0 saturated carbocycles. The van der Waals surface area contributed by atoms with Crippen LogP contribution in [-0.2, 0) is 15.8 Å². The van der Waals surface area contributed by atoms with Crippen molar-refractivity contribution in [2.75, 3.05) is 13.1 Å². The topological polar surface area (TPSA) is 49.4 Å². The molecule has 2 rings (SSSR count). The maximum absolute atomic E-state index is 13.1. The van der Waals surface area contributed by atoms with Crippen molar-refractivity contribution in [2.45, 2.75) is 31.7 Å². The van der Waals surface area contributed by atoms with Gasteiger partial charge in [-0.15, -0.1) is 12.4 Å². The van der Waals surface area contributed by atoms with Crippen molar-refractivity contribution in [3.05, 3.63) is 34.6 Å². The van der Waals surface area contributed by atoms with E-state index in [1.54, 1.807) is 0 Å². The van der Waals surface area contributed by atoms with E-state index in [-0.39, 0.29) is 35.3 Å². The number of hydrogen-bond acceptors (Lipinski definition) is 3. The van der Waals surface area contributed by atoms with Gasteiger partial charge in [0.25, 0.3) is 0 Å². The number of nitrogens with one attached hydrogen (secondary N) is 1. The number of halogens is 3. The van der Waals surface area contributed by atoms with Crippen LogP contribution in [-0.4, -0.2) is 37.9 Å². The molecule has 0 radical (unpaired) electrons. The van der Waals surface area contributed by atoms with Gasteiger partial charge in [-0.1, -0.05) is 17.7 Å². The van der Waals surface area contributed by atoms with E-state index in [1.165, 1.54) is 22.5 Å². The summed E-state index contributed by atoms with van der Waals surface area (Å²) in [7, 11) is -3.44. The Morgan fingerprint density at radius 1 is 1.43 bits per heavy atom. The lowest BCUT2D eigenvalue weighted by Gasteiger charge is -2.36. The Kier molecular flexibility index (Phi) is 6.43. The van der Waals surface area contributed by atoms with Gasteiger partial charge in [-0.2, -0.15) is 4.31 Å². The van der Waals surface area contributed by atoms with Crippen LogP contribution in [0, 0.1) is 5.82 Å². The second kappa shape index (κ2) is 7.24. The summed E-state index contributed by atoms with van der Waals surface area (Å²) in [6, 6.07) is 4.04. The van der Waals surface area contributed by atoms with Gasteiger partial charge in [0.2, 0.25) is 10.0 Å². The maximum Gasteiger partial charge on any atom is 0.218 e. The van der Waals surface area contributed by atoms with Crippen molar-refractivity contribution in [3.63, 3.8) is 0 Å². The third-order valence-corrected chi connectivity index (χ3v) is 5.61. The van der Waals surface area contributed by atoms with Crippen LogP contribution in [0.4, 0.5) is 4.39 Å². The van der Waals surface area contributed by atoms with E-state index in [2.05, 4.69) is 5.32 Å². The van der Waals surface area contributed by atoms with E-state index in [4.69, 9.17) is 11.6 Å². The van der Waals surface area contributed by atoms with Crippen LogP contribution in [0.2, 0.25) is 5.02 Å². The van der Waals surface area contributed by atoms with Gasteiger partial charge in [0.1, 0.15) is 5.82 Å². The van der Waals surface area contributed by atoms with Crippen molar-refractivity contribution in [2.24, 2.45) is 0 Å². The summed E-state index contributed by atoms with van der Waals surface area (Å²) in [5, 5.41) is 3.18. The Hall–Kier alpha value is -0.400. The first-order valence-corrected chi connectivity index (χ1v) is 8.45. The molecule has 21 heavy (non-hydrogen) atoms. The fourth-order valence-corrected chi connectivity index (χ4v) is 4.34. The zero-order valence-electron chi connectivity index (χ0n) is 11.8. The Labute approximate surface area is 136 Å². The molecule has 0 spiro atoms. The largest absolute Gasteiger partial charge is 0.311 e. The average molecular weight is 357 g/mol. The van der Waals surface area contributed by atoms with Crippen molar-refractivity contribution < 1.29 is 12.8 Å². The molecule has 1 heterocycles. The second-order valence-electron chi connectivity index (χ2n) is 5.23. The molecule has 1 aliphatic rings. The van der Waals surface area contributed by atoms with Crippen molar-refractivity contribution in [1.82, 2.24) is 9.62 Å². The van der Waals surface area contributed by atoms with Gasteiger partial charge in [-0.05, 0) is 31.5 Å². The average Bonchev–Trinajstić information content (AvgIpc) is 2.36. The smallest absolute Gasteiger partial charge is 0.218 e. The highest BCUT2D eigenvalue weighted by atomic mass is 35.5. The fraction of sp³-hybridized carbons (Fsp3) is 0.538. The van der Waals surface area contributed by atoms with Gasteiger partial charge in [0.05, 0.1) is 10.8 Å². The predicted octanol–water partition coefficient (Wildman–Crippen LogP) is 2.41. The van der Waals surface area contributed by atoms with Gasteiger partial charge in [-0.25, -0.2) is 12.8 Å². The summed E-state index contributed by atoms with van der Waals surface area (Å²) in [5.74, 6) is -0.707. The maximum atomic E-state index is 13.1. The molecule has 2 atom stereocenters. The van der Waals surface area contributed by atoms with E-state index in [0.29, 0.717) is 18.7 Å². The van der Waals surface area contributed by atoms with Gasteiger partial charge in [0.15, 0.2) is 0 Å². The second-order valence-corrected chi connectivity index (χ2v) is 7.56. The molecule has 0 bridgehead atoms. The van der Waals surface area contributed by atoms with Crippen LogP contribution in [0.15, 0.2) is 18.2 Å². The highest BCUT2D eigenvalue weighted by Gasteiger charge is 2.32. The van der Waals surface area contributed by atoms with Crippen LogP contribution in [0.3, 0.4) is 0 Å². The lowest BCUT2D eigenvalue weighted by molar-refractivity contribution is 0.244. The molecule has 1 saturated heterocycles. The minimum atomic E-state index is -3.44. The molecule has 1 fully saturated rings. The summed E-state index contributed by atoms with van der Waals surface area (Å²) >= 11 is 5.69.